The molecule has 1 atom stereocenters. The molecule has 1 unspecified atom stereocenters. The molecule has 0 fully saturated rings. The van der Waals surface area contributed by atoms with Crippen molar-refractivity contribution in [1.29, 1.82) is 0 Å². The first-order valence-corrected chi connectivity index (χ1v) is 19.0. The van der Waals surface area contributed by atoms with Crippen LogP contribution in [-0.4, -0.2) is 10.4 Å². The standard InChI is InChI=1S/C51H45N3/c1-4-35(2)43-16-8-9-17-45(43)44-32-22-37(34-36(44)3)23-33-48(53-51(52)41-14-6-5-7-15-41)40-26-24-38(25-27-40)39-28-30-42(31-29-39)54-49-20-12-10-18-46(49)47-19-11-13-21-50(47)54/h5-22,24-35H,4,23H2,1-3H3,(H2,52,53)/b48-33-. The smallest absolute Gasteiger partial charge is 0.131 e. The molecule has 0 aliphatic heterocycles. The largest absolute Gasteiger partial charge is 0.383 e. The lowest BCUT2D eigenvalue weighted by molar-refractivity contribution is 0.735. The van der Waals surface area contributed by atoms with Crippen LogP contribution in [0.15, 0.2) is 181 Å². The van der Waals surface area contributed by atoms with Gasteiger partial charge in [-0.15, -0.1) is 0 Å². The lowest BCUT2D eigenvalue weighted by Gasteiger charge is -2.17. The Morgan fingerprint density at radius 3 is 1.87 bits per heavy atom. The zero-order valence-corrected chi connectivity index (χ0v) is 31.2. The third kappa shape index (κ3) is 6.89. The Morgan fingerprint density at radius 1 is 0.630 bits per heavy atom. The van der Waals surface area contributed by atoms with Crippen LogP contribution in [0.3, 0.4) is 0 Å². The molecule has 2 N–H and O–H groups in total. The fourth-order valence-electron chi connectivity index (χ4n) is 7.63. The molecule has 8 rings (SSSR count). The van der Waals surface area contributed by atoms with E-state index >= 15 is 0 Å². The van der Waals surface area contributed by atoms with Crippen LogP contribution < -0.4 is 5.73 Å². The topological polar surface area (TPSA) is 43.3 Å². The van der Waals surface area contributed by atoms with Gasteiger partial charge in [-0.25, -0.2) is 4.99 Å². The zero-order valence-electron chi connectivity index (χ0n) is 31.2. The number of aromatic nitrogens is 1. The third-order valence-corrected chi connectivity index (χ3v) is 10.7. The van der Waals surface area contributed by atoms with Gasteiger partial charge in [0.2, 0.25) is 0 Å². The van der Waals surface area contributed by atoms with Crippen molar-refractivity contribution in [2.24, 2.45) is 10.7 Å². The zero-order chi connectivity index (χ0) is 37.0. The molecule has 0 aliphatic rings. The van der Waals surface area contributed by atoms with E-state index in [2.05, 4.69) is 171 Å². The monoisotopic (exact) mass is 699 g/mol. The van der Waals surface area contributed by atoms with Crippen LogP contribution in [0.5, 0.6) is 0 Å². The van der Waals surface area contributed by atoms with Crippen LogP contribution >= 0.6 is 0 Å². The Morgan fingerprint density at radius 2 is 1.22 bits per heavy atom. The molecular formula is C51H45N3. The van der Waals surface area contributed by atoms with Crippen LogP contribution in [0, 0.1) is 6.92 Å². The molecule has 0 saturated heterocycles. The fourth-order valence-corrected chi connectivity index (χ4v) is 7.63. The highest BCUT2D eigenvalue weighted by Gasteiger charge is 2.14. The van der Waals surface area contributed by atoms with Gasteiger partial charge in [0.1, 0.15) is 5.84 Å². The average Bonchev–Trinajstić information content (AvgIpc) is 3.57. The first-order valence-electron chi connectivity index (χ1n) is 19.0. The van der Waals surface area contributed by atoms with Crippen LogP contribution in [-0.2, 0) is 6.42 Å². The van der Waals surface area contributed by atoms with E-state index < -0.39 is 0 Å². The van der Waals surface area contributed by atoms with E-state index in [0.717, 1.165) is 46.5 Å². The van der Waals surface area contributed by atoms with E-state index in [9.17, 15) is 0 Å². The quantitative estimate of drug-likeness (QED) is 0.112. The summed E-state index contributed by atoms with van der Waals surface area (Å²) >= 11 is 0. The Hall–Kier alpha value is -6.45. The van der Waals surface area contributed by atoms with Crippen LogP contribution in [0.1, 0.15) is 54.0 Å². The molecule has 1 heterocycles. The van der Waals surface area contributed by atoms with Crippen molar-refractivity contribution in [3.63, 3.8) is 0 Å². The van der Waals surface area contributed by atoms with Crippen molar-refractivity contribution in [3.8, 4) is 27.9 Å². The summed E-state index contributed by atoms with van der Waals surface area (Å²) in [5, 5.41) is 2.53. The number of rotatable bonds is 10. The predicted molar refractivity (Wildman–Crippen MR) is 230 cm³/mol. The van der Waals surface area contributed by atoms with Crippen molar-refractivity contribution in [1.82, 2.24) is 4.57 Å². The first kappa shape index (κ1) is 34.6. The number of nitrogens with zero attached hydrogens (tertiary/aromatic N) is 2. The minimum absolute atomic E-state index is 0.500. The van der Waals surface area contributed by atoms with Crippen LogP contribution in [0.2, 0.25) is 0 Å². The van der Waals surface area contributed by atoms with Crippen LogP contribution in [0.4, 0.5) is 0 Å². The van der Waals surface area contributed by atoms with Gasteiger partial charge in [0.15, 0.2) is 0 Å². The normalized spacial score (nSPS) is 12.7. The molecule has 1 aromatic heterocycles. The van der Waals surface area contributed by atoms with Gasteiger partial charge >= 0.3 is 0 Å². The second kappa shape index (κ2) is 15.3. The highest BCUT2D eigenvalue weighted by Crippen LogP contribution is 2.35. The first-order chi connectivity index (χ1) is 26.5. The maximum Gasteiger partial charge on any atom is 0.131 e. The molecule has 8 aromatic rings. The number of amidine groups is 1. The van der Waals surface area contributed by atoms with E-state index in [1.165, 1.54) is 49.6 Å². The summed E-state index contributed by atoms with van der Waals surface area (Å²) < 4.78 is 2.35. The molecule has 0 amide bonds. The molecule has 0 bridgehead atoms. The Bertz CT molecular complexity index is 2570. The lowest BCUT2D eigenvalue weighted by Crippen LogP contribution is -2.13. The summed E-state index contributed by atoms with van der Waals surface area (Å²) in [4.78, 5) is 5.00. The molecule has 0 radical (unpaired) electrons. The Kier molecular flexibility index (Phi) is 9.79. The molecule has 0 aliphatic carbocycles. The number of nitrogens with two attached hydrogens (primary N) is 1. The van der Waals surface area contributed by atoms with Crippen molar-refractivity contribution in [3.05, 3.63) is 204 Å². The Labute approximate surface area is 318 Å². The maximum absolute atomic E-state index is 6.61. The number of benzene rings is 7. The molecule has 0 spiro atoms. The van der Waals surface area contributed by atoms with Crippen LogP contribution in [0.25, 0.3) is 55.4 Å². The minimum atomic E-state index is 0.500. The molecule has 264 valence electrons. The van der Waals surface area contributed by atoms with Gasteiger partial charge < -0.3 is 10.3 Å². The van der Waals surface area contributed by atoms with Gasteiger partial charge in [-0.3, -0.25) is 0 Å². The molecule has 7 aromatic carbocycles. The summed E-state index contributed by atoms with van der Waals surface area (Å²) in [6.07, 6.45) is 4.05. The molecule has 3 nitrogen and oxygen atoms in total. The molecule has 0 saturated carbocycles. The number of hydrogen-bond donors (Lipinski definition) is 1. The van der Waals surface area contributed by atoms with E-state index in [0.29, 0.717) is 11.8 Å². The maximum atomic E-state index is 6.61. The molecule has 54 heavy (non-hydrogen) atoms. The summed E-state index contributed by atoms with van der Waals surface area (Å²) in [6.45, 7) is 6.79. The van der Waals surface area contributed by atoms with E-state index in [1.54, 1.807) is 0 Å². The van der Waals surface area contributed by atoms with E-state index in [-0.39, 0.29) is 0 Å². The highest BCUT2D eigenvalue weighted by atomic mass is 15.0. The SMILES string of the molecule is CCC(C)c1ccccc1-c1ccc(C/C=C(\N=C(N)c2ccccc2)c2ccc(-c3ccc(-n4c5ccccc5c5ccccc54)cc3)cc2)cc1C. The number of para-hydroxylation sites is 2. The average molecular weight is 700 g/mol. The van der Waals surface area contributed by atoms with Crippen molar-refractivity contribution in [2.75, 3.05) is 0 Å². The number of allylic oxidation sites excluding steroid dienone is 1. The van der Waals surface area contributed by atoms with Crippen molar-refractivity contribution >= 4 is 33.3 Å². The summed E-state index contributed by atoms with van der Waals surface area (Å²) in [5.74, 6) is 1.01. The number of aliphatic imine (C=N–C) groups is 1. The van der Waals surface area contributed by atoms with Gasteiger partial charge in [-0.2, -0.15) is 0 Å². The minimum Gasteiger partial charge on any atom is -0.383 e. The number of fused-ring (bicyclic) bond motifs is 3. The fraction of sp³-hybridized carbons (Fsp3) is 0.118. The molecule has 3 heteroatoms. The van der Waals surface area contributed by atoms with Crippen molar-refractivity contribution < 1.29 is 0 Å². The van der Waals surface area contributed by atoms with Gasteiger partial charge in [0.25, 0.3) is 0 Å². The summed E-state index contributed by atoms with van der Waals surface area (Å²) in [7, 11) is 0. The number of hydrogen-bond acceptors (Lipinski definition) is 1. The van der Waals surface area contributed by atoms with E-state index in [1.807, 2.05) is 30.3 Å². The van der Waals surface area contributed by atoms with Gasteiger partial charge in [-0.1, -0.05) is 166 Å². The molecular weight excluding hydrogens is 655 g/mol. The third-order valence-electron chi connectivity index (χ3n) is 10.7. The predicted octanol–water partition coefficient (Wildman–Crippen LogP) is 12.9. The highest BCUT2D eigenvalue weighted by molar-refractivity contribution is 6.09. The van der Waals surface area contributed by atoms with E-state index in [4.69, 9.17) is 10.7 Å². The lowest BCUT2D eigenvalue weighted by atomic mass is 9.88. The summed E-state index contributed by atoms with van der Waals surface area (Å²) in [5.41, 5.74) is 21.8. The Balaban J connectivity index is 1.09. The van der Waals surface area contributed by atoms with Crippen molar-refractivity contribution in [2.45, 2.75) is 39.5 Å². The van der Waals surface area contributed by atoms with Gasteiger partial charge in [0.05, 0.1) is 16.7 Å². The summed E-state index contributed by atoms with van der Waals surface area (Å²) in [6, 6.07) is 60.4. The number of aryl methyl sites for hydroxylation is 1. The second-order valence-electron chi connectivity index (χ2n) is 14.2. The van der Waals surface area contributed by atoms with Gasteiger partial charge in [0, 0.05) is 22.0 Å². The van der Waals surface area contributed by atoms with Gasteiger partial charge in [-0.05, 0) is 94.5 Å². The second-order valence-corrected chi connectivity index (χ2v) is 14.2.